The van der Waals surface area contributed by atoms with E-state index < -0.39 is 19.4 Å². The normalized spacial score (nSPS) is 12.5. The standard InChI is InChI=1S/C15H22Cl2N3O5P/c1-3-24-26(23,25-4-2)14(11-12-7-5-6-8-13(12)17)18-15(21)20(19-22)10-9-16/h5-8,14H,3-4,9-11H2,1-2H3,(H,18,21). The van der Waals surface area contributed by atoms with Gasteiger partial charge in [0.2, 0.25) is 0 Å². The molecule has 1 atom stereocenters. The van der Waals surface area contributed by atoms with Crippen molar-refractivity contribution in [1.29, 1.82) is 0 Å². The third kappa shape index (κ3) is 6.52. The molecule has 0 radical (unpaired) electrons. The highest BCUT2D eigenvalue weighted by atomic mass is 35.5. The zero-order valence-electron chi connectivity index (χ0n) is 14.6. The van der Waals surface area contributed by atoms with Gasteiger partial charge in [0.1, 0.15) is 5.78 Å². The molecule has 146 valence electrons. The number of nitrogens with one attached hydrogen (secondary N) is 1. The van der Waals surface area contributed by atoms with Crippen molar-refractivity contribution >= 4 is 36.8 Å². The fourth-order valence-electron chi connectivity index (χ4n) is 2.17. The lowest BCUT2D eigenvalue weighted by Gasteiger charge is -2.28. The molecular formula is C15H22Cl2N3O5P. The van der Waals surface area contributed by atoms with Gasteiger partial charge in [-0.05, 0) is 25.5 Å². The van der Waals surface area contributed by atoms with Crippen LogP contribution in [0.2, 0.25) is 5.02 Å². The van der Waals surface area contributed by atoms with E-state index in [0.717, 1.165) is 0 Å². The minimum atomic E-state index is -3.73. The second-order valence-corrected chi connectivity index (χ2v) is 8.03. The van der Waals surface area contributed by atoms with Gasteiger partial charge >= 0.3 is 13.6 Å². The highest BCUT2D eigenvalue weighted by molar-refractivity contribution is 7.54. The van der Waals surface area contributed by atoms with Gasteiger partial charge in [-0.25, -0.2) is 4.79 Å². The van der Waals surface area contributed by atoms with Crippen LogP contribution in [0.15, 0.2) is 29.6 Å². The predicted octanol–water partition coefficient (Wildman–Crippen LogP) is 4.41. The Kier molecular flexibility index (Phi) is 10.1. The van der Waals surface area contributed by atoms with Crippen LogP contribution in [0.1, 0.15) is 19.4 Å². The van der Waals surface area contributed by atoms with Crippen LogP contribution in [0.25, 0.3) is 0 Å². The highest BCUT2D eigenvalue weighted by Gasteiger charge is 2.38. The average Bonchev–Trinajstić information content (AvgIpc) is 2.61. The fourth-order valence-corrected chi connectivity index (χ4v) is 4.38. The molecule has 0 aliphatic rings. The van der Waals surface area contributed by atoms with Gasteiger partial charge in [-0.2, -0.15) is 5.01 Å². The topological polar surface area (TPSA) is 97.3 Å². The van der Waals surface area contributed by atoms with E-state index in [1.165, 1.54) is 0 Å². The van der Waals surface area contributed by atoms with Gasteiger partial charge in [-0.3, -0.25) is 4.57 Å². The number of nitrogens with zero attached hydrogens (tertiary/aromatic N) is 2. The van der Waals surface area contributed by atoms with E-state index in [0.29, 0.717) is 15.6 Å². The molecule has 2 amide bonds. The summed E-state index contributed by atoms with van der Waals surface area (Å²) in [5, 5.41) is 6.17. The summed E-state index contributed by atoms with van der Waals surface area (Å²) in [7, 11) is -3.73. The van der Waals surface area contributed by atoms with Crippen LogP contribution < -0.4 is 5.32 Å². The minimum absolute atomic E-state index is 0.0168. The van der Waals surface area contributed by atoms with Crippen molar-refractivity contribution in [3.8, 4) is 0 Å². The van der Waals surface area contributed by atoms with Crippen LogP contribution in [0.3, 0.4) is 0 Å². The van der Waals surface area contributed by atoms with Crippen molar-refractivity contribution < 1.29 is 18.4 Å². The Labute approximate surface area is 162 Å². The zero-order chi connectivity index (χ0) is 19.6. The number of urea groups is 1. The molecule has 1 N–H and O–H groups in total. The first-order chi connectivity index (χ1) is 12.4. The summed E-state index contributed by atoms with van der Waals surface area (Å²) in [5.41, 5.74) is 0.641. The summed E-state index contributed by atoms with van der Waals surface area (Å²) in [4.78, 5) is 23.1. The summed E-state index contributed by atoms with van der Waals surface area (Å²) in [6, 6.07) is 6.08. The quantitative estimate of drug-likeness (QED) is 0.245. The molecule has 0 saturated carbocycles. The lowest BCUT2D eigenvalue weighted by molar-refractivity contribution is 0.187. The smallest absolute Gasteiger partial charge is 0.322 e. The molecule has 0 bridgehead atoms. The van der Waals surface area contributed by atoms with Crippen molar-refractivity contribution in [3.05, 3.63) is 39.8 Å². The number of hydrogen-bond donors (Lipinski definition) is 1. The van der Waals surface area contributed by atoms with Gasteiger partial charge in [-0.1, -0.05) is 29.8 Å². The summed E-state index contributed by atoms with van der Waals surface area (Å²) in [5.74, 6) is -1.04. The van der Waals surface area contributed by atoms with Crippen molar-refractivity contribution in [1.82, 2.24) is 10.3 Å². The first kappa shape index (κ1) is 22.9. The Morgan fingerprint density at radius 3 is 2.42 bits per heavy atom. The average molecular weight is 426 g/mol. The highest BCUT2D eigenvalue weighted by Crippen LogP contribution is 2.53. The second kappa shape index (κ2) is 11.5. The summed E-state index contributed by atoms with van der Waals surface area (Å²) >= 11 is 11.7. The Morgan fingerprint density at radius 2 is 1.92 bits per heavy atom. The maximum atomic E-state index is 13.2. The number of rotatable bonds is 11. The maximum Gasteiger partial charge on any atom is 0.353 e. The maximum absolute atomic E-state index is 13.2. The first-order valence-corrected chi connectivity index (χ1v) is 10.5. The Hall–Kier alpha value is -1.18. The molecule has 0 spiro atoms. The second-order valence-electron chi connectivity index (χ2n) is 5.03. The number of carbonyl (C=O) groups is 1. The molecule has 0 saturated heterocycles. The number of halogens is 2. The molecule has 26 heavy (non-hydrogen) atoms. The molecule has 8 nitrogen and oxygen atoms in total. The molecule has 0 aliphatic heterocycles. The number of carbonyl (C=O) groups excluding carboxylic acids is 1. The summed E-state index contributed by atoms with van der Waals surface area (Å²) in [6.45, 7) is 3.45. The van der Waals surface area contributed by atoms with E-state index in [1.807, 2.05) is 0 Å². The van der Waals surface area contributed by atoms with Crippen LogP contribution in [-0.4, -0.2) is 42.5 Å². The van der Waals surface area contributed by atoms with Crippen LogP contribution in [0.4, 0.5) is 4.79 Å². The molecule has 11 heteroatoms. The number of nitroso groups, excluding NO2 is 1. The molecule has 1 aromatic carbocycles. The molecule has 0 heterocycles. The van der Waals surface area contributed by atoms with Gasteiger partial charge in [-0.15, -0.1) is 16.5 Å². The number of hydrogen-bond acceptors (Lipinski definition) is 6. The Bertz CT molecular complexity index is 639. The Morgan fingerprint density at radius 1 is 1.31 bits per heavy atom. The van der Waals surface area contributed by atoms with Crippen molar-refractivity contribution in [3.63, 3.8) is 0 Å². The van der Waals surface area contributed by atoms with Crippen LogP contribution in [0, 0.1) is 4.91 Å². The minimum Gasteiger partial charge on any atom is -0.322 e. The van der Waals surface area contributed by atoms with Gasteiger partial charge < -0.3 is 14.4 Å². The molecule has 0 aliphatic carbocycles. The largest absolute Gasteiger partial charge is 0.353 e. The number of amides is 2. The number of alkyl halides is 1. The number of benzene rings is 1. The molecule has 0 aromatic heterocycles. The van der Waals surface area contributed by atoms with E-state index in [4.69, 9.17) is 32.2 Å². The summed E-state index contributed by atoms with van der Waals surface area (Å²) < 4.78 is 23.9. The fraction of sp³-hybridized carbons (Fsp3) is 0.533. The SMILES string of the molecule is CCOP(=O)(OCC)C(Cc1ccccc1Cl)NC(=O)N(CCCl)N=O. The van der Waals surface area contributed by atoms with E-state index >= 15 is 0 Å². The predicted molar refractivity (Wildman–Crippen MR) is 102 cm³/mol. The van der Waals surface area contributed by atoms with Gasteiger partial charge in [0.05, 0.1) is 25.0 Å². The van der Waals surface area contributed by atoms with Gasteiger partial charge in [0, 0.05) is 17.3 Å². The van der Waals surface area contributed by atoms with Crippen LogP contribution in [-0.2, 0) is 20.0 Å². The zero-order valence-corrected chi connectivity index (χ0v) is 17.0. The van der Waals surface area contributed by atoms with Crippen LogP contribution >= 0.6 is 30.8 Å². The first-order valence-electron chi connectivity index (χ1n) is 8.01. The van der Waals surface area contributed by atoms with Crippen LogP contribution in [0.5, 0.6) is 0 Å². The molecule has 0 fully saturated rings. The monoisotopic (exact) mass is 425 g/mol. The van der Waals surface area contributed by atoms with E-state index in [-0.39, 0.29) is 32.1 Å². The Balaban J connectivity index is 3.15. The van der Waals surface area contributed by atoms with Crippen molar-refractivity contribution in [2.24, 2.45) is 5.29 Å². The molecule has 1 rings (SSSR count). The lowest BCUT2D eigenvalue weighted by Crippen LogP contribution is -2.44. The lowest BCUT2D eigenvalue weighted by atomic mass is 10.1. The third-order valence-electron chi connectivity index (χ3n) is 3.29. The van der Waals surface area contributed by atoms with Gasteiger partial charge in [0.15, 0.2) is 0 Å². The van der Waals surface area contributed by atoms with Crippen molar-refractivity contribution in [2.75, 3.05) is 25.6 Å². The third-order valence-corrected chi connectivity index (χ3v) is 6.14. The van der Waals surface area contributed by atoms with Crippen molar-refractivity contribution in [2.45, 2.75) is 26.1 Å². The van der Waals surface area contributed by atoms with E-state index in [1.54, 1.807) is 38.1 Å². The van der Waals surface area contributed by atoms with E-state index in [9.17, 15) is 14.3 Å². The van der Waals surface area contributed by atoms with E-state index in [2.05, 4.69) is 10.6 Å². The summed E-state index contributed by atoms with van der Waals surface area (Å²) in [6.07, 6.45) is 0.0796. The molecule has 1 aromatic rings. The molecular weight excluding hydrogens is 404 g/mol. The van der Waals surface area contributed by atoms with Gasteiger partial charge in [0.25, 0.3) is 0 Å². The molecule has 1 unspecified atom stereocenters.